The van der Waals surface area contributed by atoms with Crippen LogP contribution in [0.25, 0.3) is 0 Å². The molecular formula is C18H13BrF2O3. The van der Waals surface area contributed by atoms with Gasteiger partial charge < -0.3 is 4.74 Å². The first-order valence-electron chi connectivity index (χ1n) is 7.27. The van der Waals surface area contributed by atoms with Gasteiger partial charge in [-0.15, -0.1) is 0 Å². The van der Waals surface area contributed by atoms with E-state index in [-0.39, 0.29) is 18.6 Å². The number of esters is 1. The molecule has 0 aromatic heterocycles. The molecule has 3 nitrogen and oxygen atoms in total. The van der Waals surface area contributed by atoms with Crippen LogP contribution in [0.15, 0.2) is 53.0 Å². The van der Waals surface area contributed by atoms with Gasteiger partial charge in [0.25, 0.3) is 6.43 Å². The van der Waals surface area contributed by atoms with Gasteiger partial charge in [-0.25, -0.2) is 8.78 Å². The maximum atomic E-state index is 13.8. The van der Waals surface area contributed by atoms with E-state index < -0.39 is 23.6 Å². The van der Waals surface area contributed by atoms with Crippen molar-refractivity contribution in [1.29, 1.82) is 0 Å². The molecule has 1 aliphatic carbocycles. The Balaban J connectivity index is 1.87. The first kappa shape index (κ1) is 16.8. The number of carbonyl (C=O) groups is 2. The second kappa shape index (κ2) is 6.43. The van der Waals surface area contributed by atoms with Crippen molar-refractivity contribution in [2.75, 3.05) is 0 Å². The summed E-state index contributed by atoms with van der Waals surface area (Å²) in [7, 11) is 0. The molecule has 0 saturated heterocycles. The lowest BCUT2D eigenvalue weighted by molar-refractivity contribution is -0.161. The van der Waals surface area contributed by atoms with Crippen LogP contribution >= 0.6 is 15.9 Å². The van der Waals surface area contributed by atoms with Gasteiger partial charge in [0.2, 0.25) is 0 Å². The number of ether oxygens (including phenoxy) is 1. The highest BCUT2D eigenvalue weighted by Crippen LogP contribution is 2.43. The van der Waals surface area contributed by atoms with E-state index in [9.17, 15) is 18.4 Å². The first-order valence-corrected chi connectivity index (χ1v) is 8.07. The fraction of sp³-hybridized carbons (Fsp3) is 0.222. The quantitative estimate of drug-likeness (QED) is 0.576. The molecule has 0 radical (unpaired) electrons. The predicted octanol–water partition coefficient (Wildman–Crippen LogP) is 4.18. The summed E-state index contributed by atoms with van der Waals surface area (Å²) >= 11 is 3.24. The molecule has 124 valence electrons. The van der Waals surface area contributed by atoms with Gasteiger partial charge in [0, 0.05) is 16.5 Å². The molecule has 2 aromatic carbocycles. The summed E-state index contributed by atoms with van der Waals surface area (Å²) in [6.07, 6.45) is -3.49. The zero-order chi connectivity index (χ0) is 17.3. The number of ketones is 1. The van der Waals surface area contributed by atoms with Crippen molar-refractivity contribution in [3.05, 3.63) is 69.7 Å². The van der Waals surface area contributed by atoms with Gasteiger partial charge >= 0.3 is 5.97 Å². The average Bonchev–Trinajstić information content (AvgIpc) is 2.87. The van der Waals surface area contributed by atoms with Crippen molar-refractivity contribution < 1.29 is 23.1 Å². The Morgan fingerprint density at radius 2 is 1.92 bits per heavy atom. The van der Waals surface area contributed by atoms with Gasteiger partial charge in [0.15, 0.2) is 11.2 Å². The summed E-state index contributed by atoms with van der Waals surface area (Å²) in [4.78, 5) is 24.9. The number of Topliss-reactive ketones (excluding diaryl/α,β-unsaturated/α-hetero) is 1. The maximum absolute atomic E-state index is 13.8. The molecule has 3 rings (SSSR count). The molecular weight excluding hydrogens is 382 g/mol. The zero-order valence-corrected chi connectivity index (χ0v) is 14.1. The van der Waals surface area contributed by atoms with E-state index in [0.717, 1.165) is 0 Å². The number of halogens is 3. The maximum Gasteiger partial charge on any atom is 0.326 e. The van der Waals surface area contributed by atoms with Crippen LogP contribution in [-0.2, 0) is 22.6 Å². The molecule has 1 aliphatic rings. The topological polar surface area (TPSA) is 43.4 Å². The first-order chi connectivity index (χ1) is 11.4. The van der Waals surface area contributed by atoms with Gasteiger partial charge in [-0.05, 0) is 29.3 Å². The predicted molar refractivity (Wildman–Crippen MR) is 86.9 cm³/mol. The highest BCUT2D eigenvalue weighted by molar-refractivity contribution is 9.10. The molecule has 1 atom stereocenters. The number of fused-ring (bicyclic) bond motifs is 1. The summed E-state index contributed by atoms with van der Waals surface area (Å²) in [6.45, 7) is -0.151. The van der Waals surface area contributed by atoms with Crippen molar-refractivity contribution in [1.82, 2.24) is 0 Å². The Hall–Kier alpha value is -2.08. The van der Waals surface area contributed by atoms with Crippen molar-refractivity contribution >= 4 is 27.7 Å². The minimum Gasteiger partial charge on any atom is -0.460 e. The molecule has 0 spiro atoms. The summed E-state index contributed by atoms with van der Waals surface area (Å²) in [6, 6.07) is 13.3. The molecule has 0 heterocycles. The lowest BCUT2D eigenvalue weighted by Crippen LogP contribution is -2.45. The molecule has 0 aliphatic heterocycles. The summed E-state index contributed by atoms with van der Waals surface area (Å²) in [5.74, 6) is -2.06. The fourth-order valence-electron chi connectivity index (χ4n) is 2.83. The summed E-state index contributed by atoms with van der Waals surface area (Å²) < 4.78 is 33.2. The van der Waals surface area contributed by atoms with Gasteiger partial charge in [-0.3, -0.25) is 9.59 Å². The largest absolute Gasteiger partial charge is 0.460 e. The molecule has 6 heteroatoms. The van der Waals surface area contributed by atoms with Gasteiger partial charge in [0.05, 0.1) is 0 Å². The van der Waals surface area contributed by atoms with E-state index in [0.29, 0.717) is 15.6 Å². The monoisotopic (exact) mass is 394 g/mol. The average molecular weight is 395 g/mol. The van der Waals surface area contributed by atoms with Gasteiger partial charge in [-0.2, -0.15) is 0 Å². The van der Waals surface area contributed by atoms with E-state index in [1.165, 1.54) is 6.07 Å². The number of alkyl halides is 2. The molecule has 1 unspecified atom stereocenters. The number of benzene rings is 2. The Labute approximate surface area is 145 Å². The lowest BCUT2D eigenvalue weighted by Gasteiger charge is -2.24. The number of rotatable bonds is 4. The van der Waals surface area contributed by atoms with E-state index in [1.54, 1.807) is 42.5 Å². The van der Waals surface area contributed by atoms with Gasteiger partial charge in [0.1, 0.15) is 6.61 Å². The van der Waals surface area contributed by atoms with Crippen LogP contribution < -0.4 is 0 Å². The van der Waals surface area contributed by atoms with Crippen LogP contribution in [0.3, 0.4) is 0 Å². The van der Waals surface area contributed by atoms with E-state index in [1.807, 2.05) is 0 Å². The van der Waals surface area contributed by atoms with E-state index in [2.05, 4.69) is 15.9 Å². The smallest absolute Gasteiger partial charge is 0.326 e. The van der Waals surface area contributed by atoms with Crippen LogP contribution in [0.2, 0.25) is 0 Å². The lowest BCUT2D eigenvalue weighted by atomic mass is 9.84. The fourth-order valence-corrected chi connectivity index (χ4v) is 3.24. The van der Waals surface area contributed by atoms with Crippen molar-refractivity contribution in [3.8, 4) is 0 Å². The van der Waals surface area contributed by atoms with E-state index in [4.69, 9.17) is 4.74 Å². The minimum atomic E-state index is -3.14. The van der Waals surface area contributed by atoms with Crippen molar-refractivity contribution in [2.45, 2.75) is 19.5 Å². The Morgan fingerprint density at radius 1 is 1.21 bits per heavy atom. The molecule has 0 saturated carbocycles. The van der Waals surface area contributed by atoms with Crippen LogP contribution in [-0.4, -0.2) is 18.2 Å². The van der Waals surface area contributed by atoms with Crippen molar-refractivity contribution in [2.24, 2.45) is 5.41 Å². The third-order valence-corrected chi connectivity index (χ3v) is 4.63. The second-order valence-corrected chi connectivity index (χ2v) is 6.56. The molecule has 0 N–H and O–H groups in total. The molecule has 24 heavy (non-hydrogen) atoms. The third-order valence-electron chi connectivity index (χ3n) is 4.14. The van der Waals surface area contributed by atoms with Crippen LogP contribution in [0.1, 0.15) is 21.5 Å². The summed E-state index contributed by atoms with van der Waals surface area (Å²) in [5.41, 5.74) is -1.22. The molecule has 0 amide bonds. The molecule has 0 fully saturated rings. The van der Waals surface area contributed by atoms with Crippen LogP contribution in [0.5, 0.6) is 0 Å². The third kappa shape index (κ3) is 2.75. The zero-order valence-electron chi connectivity index (χ0n) is 12.5. The summed E-state index contributed by atoms with van der Waals surface area (Å²) in [5, 5.41) is 0. The van der Waals surface area contributed by atoms with Crippen LogP contribution in [0, 0.1) is 5.41 Å². The number of hydrogen-bond acceptors (Lipinski definition) is 3. The number of carbonyl (C=O) groups excluding carboxylic acids is 2. The SMILES string of the molecule is O=C(OCc1ccccc1)C1(C(F)F)Cc2cc(Br)ccc2C1=O. The molecule has 0 bridgehead atoms. The minimum absolute atomic E-state index is 0.148. The van der Waals surface area contributed by atoms with E-state index >= 15 is 0 Å². The molecule has 2 aromatic rings. The second-order valence-electron chi connectivity index (χ2n) is 5.64. The Kier molecular flexibility index (Phi) is 4.49. The standard InChI is InChI=1S/C18H13BrF2O3/c19-13-6-7-14-12(8-13)9-18(15(14)22,16(20)21)17(23)24-10-11-4-2-1-3-5-11/h1-8,16H,9-10H2. The normalized spacial score (nSPS) is 19.4. The Bertz CT molecular complexity index is 792. The highest BCUT2D eigenvalue weighted by atomic mass is 79.9. The highest BCUT2D eigenvalue weighted by Gasteiger charge is 2.59. The Morgan fingerprint density at radius 3 is 2.58 bits per heavy atom. The number of hydrogen-bond donors (Lipinski definition) is 0. The van der Waals surface area contributed by atoms with Crippen molar-refractivity contribution in [3.63, 3.8) is 0 Å². The van der Waals surface area contributed by atoms with Crippen LogP contribution in [0.4, 0.5) is 8.78 Å². The van der Waals surface area contributed by atoms with Gasteiger partial charge in [-0.1, -0.05) is 46.3 Å².